The van der Waals surface area contributed by atoms with Crippen LogP contribution >= 0.6 is 0 Å². The van der Waals surface area contributed by atoms with Crippen molar-refractivity contribution in [2.45, 2.75) is 32.7 Å². The van der Waals surface area contributed by atoms with Gasteiger partial charge in [-0.15, -0.1) is 0 Å². The van der Waals surface area contributed by atoms with E-state index in [1.54, 1.807) is 26.1 Å². The number of carbonyl (C=O) groups excluding carboxylic acids is 2. The van der Waals surface area contributed by atoms with Crippen molar-refractivity contribution < 1.29 is 14.3 Å². The highest BCUT2D eigenvalue weighted by atomic mass is 16.5. The van der Waals surface area contributed by atoms with E-state index in [-0.39, 0.29) is 17.4 Å². The Hall–Kier alpha value is -2.28. The van der Waals surface area contributed by atoms with Gasteiger partial charge in [0.15, 0.2) is 0 Å². The Balaban J connectivity index is 1.51. The number of hydrogen-bond acceptors (Lipinski definition) is 4. The normalized spacial score (nSPS) is 25.6. The maximum absolute atomic E-state index is 13.6. The van der Waals surface area contributed by atoms with E-state index in [2.05, 4.69) is 24.0 Å². The minimum Gasteiger partial charge on any atom is -0.497 e. The van der Waals surface area contributed by atoms with E-state index in [0.717, 1.165) is 57.7 Å². The van der Waals surface area contributed by atoms with Crippen LogP contribution in [0.15, 0.2) is 24.3 Å². The summed E-state index contributed by atoms with van der Waals surface area (Å²) in [5, 5.41) is 0. The predicted molar refractivity (Wildman–Crippen MR) is 120 cm³/mol. The molecule has 0 saturated carbocycles. The molecule has 1 atom stereocenters. The summed E-state index contributed by atoms with van der Waals surface area (Å²) < 4.78 is 5.26. The molecule has 31 heavy (non-hydrogen) atoms. The van der Waals surface area contributed by atoms with Crippen LogP contribution in [0.2, 0.25) is 0 Å². The molecule has 4 rings (SSSR count). The number of hydrogen-bond donors (Lipinski definition) is 0. The predicted octanol–water partition coefficient (Wildman–Crippen LogP) is 2.51. The smallest absolute Gasteiger partial charge is 0.319 e. The second-order valence-corrected chi connectivity index (χ2v) is 9.65. The van der Waals surface area contributed by atoms with Crippen LogP contribution < -0.4 is 4.74 Å². The maximum Gasteiger partial charge on any atom is 0.319 e. The Labute approximate surface area is 185 Å². The Bertz CT molecular complexity index is 817. The van der Waals surface area contributed by atoms with Crippen molar-refractivity contribution in [1.29, 1.82) is 0 Å². The van der Waals surface area contributed by atoms with Gasteiger partial charge in [0.1, 0.15) is 5.75 Å². The molecule has 1 aromatic rings. The Kier molecular flexibility index (Phi) is 5.90. The summed E-state index contributed by atoms with van der Waals surface area (Å²) in [5.41, 5.74) is 0.744. The van der Waals surface area contributed by atoms with E-state index in [4.69, 9.17) is 4.74 Å². The number of urea groups is 1. The van der Waals surface area contributed by atoms with Crippen LogP contribution in [-0.4, -0.2) is 92.0 Å². The van der Waals surface area contributed by atoms with E-state index in [1.165, 1.54) is 5.56 Å². The van der Waals surface area contributed by atoms with Gasteiger partial charge >= 0.3 is 6.03 Å². The Morgan fingerprint density at radius 3 is 2.29 bits per heavy atom. The topological polar surface area (TPSA) is 56.3 Å². The average molecular weight is 429 g/mol. The highest BCUT2D eigenvalue weighted by molar-refractivity contribution is 5.88. The lowest BCUT2D eigenvalue weighted by molar-refractivity contribution is -0.142. The van der Waals surface area contributed by atoms with Gasteiger partial charge in [0.25, 0.3) is 0 Å². The molecule has 3 heterocycles. The average Bonchev–Trinajstić information content (AvgIpc) is 3.28. The highest BCUT2D eigenvalue weighted by Crippen LogP contribution is 2.58. The van der Waals surface area contributed by atoms with Crippen LogP contribution in [0.3, 0.4) is 0 Å². The van der Waals surface area contributed by atoms with Crippen LogP contribution in [0.5, 0.6) is 5.75 Å². The molecule has 0 N–H and O–H groups in total. The molecule has 0 aliphatic carbocycles. The number of methoxy groups -OCH3 is 1. The third-order valence-electron chi connectivity index (χ3n) is 7.89. The summed E-state index contributed by atoms with van der Waals surface area (Å²) in [4.78, 5) is 34.4. The van der Waals surface area contributed by atoms with Gasteiger partial charge < -0.3 is 19.4 Å². The summed E-state index contributed by atoms with van der Waals surface area (Å²) in [5.74, 6) is 1.15. The fourth-order valence-corrected chi connectivity index (χ4v) is 6.03. The first-order valence-electron chi connectivity index (χ1n) is 11.4. The first kappa shape index (κ1) is 21.9. The van der Waals surface area contributed by atoms with E-state index >= 15 is 0 Å². The fourth-order valence-electron chi connectivity index (χ4n) is 6.03. The van der Waals surface area contributed by atoms with Crippen molar-refractivity contribution in [3.63, 3.8) is 0 Å². The van der Waals surface area contributed by atoms with Crippen LogP contribution in [0.25, 0.3) is 0 Å². The van der Waals surface area contributed by atoms with Gasteiger partial charge in [0.05, 0.1) is 12.5 Å². The molecule has 3 aliphatic rings. The highest BCUT2D eigenvalue weighted by Gasteiger charge is 2.65. The van der Waals surface area contributed by atoms with Crippen molar-refractivity contribution in [2.24, 2.45) is 10.8 Å². The number of nitrogens with zero attached hydrogens (tertiary/aromatic N) is 4. The van der Waals surface area contributed by atoms with Gasteiger partial charge in [-0.2, -0.15) is 0 Å². The van der Waals surface area contributed by atoms with Gasteiger partial charge in [-0.1, -0.05) is 12.1 Å². The van der Waals surface area contributed by atoms with Crippen molar-refractivity contribution in [3.8, 4) is 5.75 Å². The lowest BCUT2D eigenvalue weighted by Crippen LogP contribution is -2.52. The first-order valence-corrected chi connectivity index (χ1v) is 11.4. The lowest BCUT2D eigenvalue weighted by Gasteiger charge is -2.46. The van der Waals surface area contributed by atoms with Crippen molar-refractivity contribution in [1.82, 2.24) is 19.6 Å². The molecule has 3 aliphatic heterocycles. The van der Waals surface area contributed by atoms with Gasteiger partial charge in [-0.25, -0.2) is 4.79 Å². The van der Waals surface area contributed by atoms with Gasteiger partial charge in [-0.05, 0) is 57.0 Å². The zero-order chi connectivity index (χ0) is 22.2. The molecular weight excluding hydrogens is 392 g/mol. The van der Waals surface area contributed by atoms with Gasteiger partial charge in [0, 0.05) is 52.2 Å². The molecule has 7 heteroatoms. The SMILES string of the molecule is CCN1CC[C@@]2(CN(C(=O)N(C)C)CC23CCN(Cc2ccc(OC)cc2)CC3)C1=O. The van der Waals surface area contributed by atoms with Crippen molar-refractivity contribution >= 4 is 11.9 Å². The lowest BCUT2D eigenvalue weighted by atomic mass is 9.60. The van der Waals surface area contributed by atoms with Gasteiger partial charge in [0.2, 0.25) is 5.91 Å². The Morgan fingerprint density at radius 1 is 1.06 bits per heavy atom. The molecule has 3 amide bonds. The minimum atomic E-state index is -0.416. The summed E-state index contributed by atoms with van der Waals surface area (Å²) in [6, 6.07) is 8.29. The monoisotopic (exact) mass is 428 g/mol. The zero-order valence-electron chi connectivity index (χ0n) is 19.4. The standard InChI is InChI=1S/C24H36N4O3/c1-5-27-15-12-24(21(27)29)18-28(22(30)25(2)3)17-23(24)10-13-26(14-11-23)16-19-6-8-20(31-4)9-7-19/h6-9H,5,10-18H2,1-4H3/t24-/m1/s1. The number of likely N-dealkylation sites (tertiary alicyclic amines) is 3. The summed E-state index contributed by atoms with van der Waals surface area (Å²) in [6.45, 7) is 7.70. The molecule has 0 bridgehead atoms. The number of ether oxygens (including phenoxy) is 1. The molecule has 2 spiro atoms. The summed E-state index contributed by atoms with van der Waals surface area (Å²) in [7, 11) is 5.28. The summed E-state index contributed by atoms with van der Waals surface area (Å²) in [6.07, 6.45) is 2.79. The Morgan fingerprint density at radius 2 is 1.74 bits per heavy atom. The van der Waals surface area contributed by atoms with Crippen LogP contribution in [0.4, 0.5) is 4.79 Å². The molecule has 7 nitrogen and oxygen atoms in total. The molecule has 170 valence electrons. The summed E-state index contributed by atoms with van der Waals surface area (Å²) >= 11 is 0. The quantitative estimate of drug-likeness (QED) is 0.740. The molecule has 1 aromatic carbocycles. The largest absolute Gasteiger partial charge is 0.497 e. The number of amides is 3. The first-order chi connectivity index (χ1) is 14.8. The number of fused-ring (bicyclic) bond motifs is 1. The van der Waals surface area contributed by atoms with Crippen molar-refractivity contribution in [3.05, 3.63) is 29.8 Å². The molecule has 0 aromatic heterocycles. The third-order valence-corrected chi connectivity index (χ3v) is 7.89. The molecule has 3 saturated heterocycles. The third kappa shape index (κ3) is 3.67. The van der Waals surface area contributed by atoms with Crippen LogP contribution in [-0.2, 0) is 11.3 Å². The fraction of sp³-hybridized carbons (Fsp3) is 0.667. The maximum atomic E-state index is 13.6. The molecule has 0 radical (unpaired) electrons. The minimum absolute atomic E-state index is 0.0275. The molecule has 0 unspecified atom stereocenters. The van der Waals surface area contributed by atoms with E-state index < -0.39 is 5.41 Å². The number of carbonyl (C=O) groups is 2. The van der Waals surface area contributed by atoms with E-state index in [0.29, 0.717) is 13.1 Å². The molecule has 3 fully saturated rings. The number of piperidine rings is 1. The van der Waals surface area contributed by atoms with Crippen LogP contribution in [0, 0.1) is 10.8 Å². The number of rotatable bonds is 4. The van der Waals surface area contributed by atoms with E-state index in [1.807, 2.05) is 21.9 Å². The number of benzene rings is 1. The van der Waals surface area contributed by atoms with Crippen LogP contribution in [0.1, 0.15) is 31.7 Å². The van der Waals surface area contributed by atoms with Crippen molar-refractivity contribution in [2.75, 3.05) is 60.5 Å². The second kappa shape index (κ2) is 8.34. The molecular formula is C24H36N4O3. The van der Waals surface area contributed by atoms with E-state index in [9.17, 15) is 9.59 Å². The zero-order valence-corrected chi connectivity index (χ0v) is 19.4. The van der Waals surface area contributed by atoms with Gasteiger partial charge in [-0.3, -0.25) is 9.69 Å². The second-order valence-electron chi connectivity index (χ2n) is 9.65.